The first-order valence-electron chi connectivity index (χ1n) is 6.44. The Morgan fingerprint density at radius 3 is 2.32 bits per heavy atom. The van der Waals surface area contributed by atoms with Gasteiger partial charge < -0.3 is 4.74 Å². The lowest BCUT2D eigenvalue weighted by atomic mass is 10.2. The quantitative estimate of drug-likeness (QED) is 0.451. The van der Waals surface area contributed by atoms with Gasteiger partial charge in [-0.3, -0.25) is 0 Å². The molecule has 0 fully saturated rings. The monoisotopic (exact) mass is 260 g/mol. The van der Waals surface area contributed by atoms with Crippen LogP contribution in [0.5, 0.6) is 0 Å². The zero-order chi connectivity index (χ0) is 14.7. The van der Waals surface area contributed by atoms with Gasteiger partial charge in [-0.15, -0.1) is 6.58 Å². The average molecular weight is 260 g/mol. The smallest absolute Gasteiger partial charge is 0.333 e. The molecule has 0 bridgehead atoms. The fraction of sp³-hybridized carbons (Fsp3) is 0.353. The fourth-order valence-corrected chi connectivity index (χ4v) is 1.15. The molecular weight excluding hydrogens is 236 g/mol. The maximum atomic E-state index is 10.7. The molecule has 0 unspecified atom stereocenters. The Balaban J connectivity index is 0.000000342. The molecule has 1 aromatic carbocycles. The van der Waals surface area contributed by atoms with Crippen molar-refractivity contribution in [2.24, 2.45) is 5.92 Å². The van der Waals surface area contributed by atoms with Crippen molar-refractivity contribution >= 4 is 5.97 Å². The summed E-state index contributed by atoms with van der Waals surface area (Å²) >= 11 is 0. The summed E-state index contributed by atoms with van der Waals surface area (Å²) in [6.07, 6.45) is 2.89. The third-order valence-electron chi connectivity index (χ3n) is 2.12. The predicted octanol–water partition coefficient (Wildman–Crippen LogP) is 4.18. The van der Waals surface area contributed by atoms with E-state index in [0.29, 0.717) is 18.1 Å². The lowest BCUT2D eigenvalue weighted by Gasteiger charge is -2.05. The van der Waals surface area contributed by atoms with E-state index in [-0.39, 0.29) is 5.97 Å². The average Bonchev–Trinajstić information content (AvgIpc) is 2.38. The molecule has 19 heavy (non-hydrogen) atoms. The number of esters is 1. The van der Waals surface area contributed by atoms with Crippen LogP contribution < -0.4 is 0 Å². The molecule has 1 aromatic rings. The first-order chi connectivity index (χ1) is 8.97. The van der Waals surface area contributed by atoms with Gasteiger partial charge in [-0.05, 0) is 24.8 Å². The summed E-state index contributed by atoms with van der Waals surface area (Å²) in [5.41, 5.74) is 1.79. The summed E-state index contributed by atoms with van der Waals surface area (Å²) in [6.45, 7) is 13.2. The number of allylic oxidation sites excluding steroid dienone is 1. The topological polar surface area (TPSA) is 26.3 Å². The Kier molecular flexibility index (Phi) is 9.15. The van der Waals surface area contributed by atoms with Crippen molar-refractivity contribution in [3.05, 3.63) is 60.7 Å². The number of carbonyl (C=O) groups excluding carboxylic acids is 1. The zero-order valence-electron chi connectivity index (χ0n) is 12.2. The molecule has 104 valence electrons. The molecule has 0 radical (unpaired) electrons. The Morgan fingerprint density at radius 1 is 1.32 bits per heavy atom. The van der Waals surface area contributed by atoms with Gasteiger partial charge in [0, 0.05) is 5.57 Å². The van der Waals surface area contributed by atoms with Crippen LogP contribution in [0.15, 0.2) is 55.1 Å². The number of carbonyl (C=O) groups is 1. The molecule has 0 N–H and O–H groups in total. The minimum atomic E-state index is -0.297. The summed E-state index contributed by atoms with van der Waals surface area (Å²) in [4.78, 5) is 10.7. The molecule has 0 spiro atoms. The predicted molar refractivity (Wildman–Crippen MR) is 81.0 cm³/mol. The summed E-state index contributed by atoms with van der Waals surface area (Å²) in [7, 11) is 0. The highest BCUT2D eigenvalue weighted by Gasteiger charge is 2.03. The molecule has 0 saturated heterocycles. The van der Waals surface area contributed by atoms with Gasteiger partial charge in [-0.25, -0.2) is 4.79 Å². The van der Waals surface area contributed by atoms with E-state index in [1.807, 2.05) is 38.1 Å². The number of hydrogen-bond donors (Lipinski definition) is 0. The van der Waals surface area contributed by atoms with Crippen molar-refractivity contribution in [1.29, 1.82) is 0 Å². The first kappa shape index (κ1) is 17.2. The van der Waals surface area contributed by atoms with E-state index in [0.717, 1.165) is 6.42 Å². The van der Waals surface area contributed by atoms with Crippen LogP contribution in [0.25, 0.3) is 0 Å². The second-order valence-corrected chi connectivity index (χ2v) is 4.75. The molecule has 1 rings (SSSR count). The van der Waals surface area contributed by atoms with Crippen LogP contribution >= 0.6 is 0 Å². The summed E-state index contributed by atoms with van der Waals surface area (Å²) in [5.74, 6) is 0.0944. The molecule has 0 saturated carbocycles. The lowest BCUT2D eigenvalue weighted by molar-refractivity contribution is -0.139. The number of hydrogen-bond acceptors (Lipinski definition) is 2. The van der Waals surface area contributed by atoms with E-state index in [2.05, 4.69) is 25.3 Å². The van der Waals surface area contributed by atoms with Crippen LogP contribution in [-0.4, -0.2) is 12.6 Å². The number of ether oxygens (including phenoxy) is 1. The molecule has 0 aliphatic rings. The Hall–Kier alpha value is -1.83. The van der Waals surface area contributed by atoms with Gasteiger partial charge >= 0.3 is 5.97 Å². The maximum absolute atomic E-state index is 10.7. The molecule has 0 atom stereocenters. The first-order valence-corrected chi connectivity index (χ1v) is 6.44. The summed E-state index contributed by atoms with van der Waals surface area (Å²) in [5, 5.41) is 0. The van der Waals surface area contributed by atoms with Gasteiger partial charge in [-0.2, -0.15) is 0 Å². The molecular formula is C17H24O2. The fourth-order valence-electron chi connectivity index (χ4n) is 1.15. The Bertz CT molecular complexity index is 391. The van der Waals surface area contributed by atoms with Gasteiger partial charge in [0.2, 0.25) is 0 Å². The van der Waals surface area contributed by atoms with E-state index in [1.165, 1.54) is 5.56 Å². The summed E-state index contributed by atoms with van der Waals surface area (Å²) < 4.78 is 4.83. The van der Waals surface area contributed by atoms with Gasteiger partial charge in [0.05, 0.1) is 6.61 Å². The Labute approximate surface area is 116 Å². The largest absolute Gasteiger partial charge is 0.462 e. The minimum Gasteiger partial charge on any atom is -0.462 e. The number of rotatable bonds is 5. The van der Waals surface area contributed by atoms with Crippen molar-refractivity contribution in [2.75, 3.05) is 6.61 Å². The van der Waals surface area contributed by atoms with Gasteiger partial charge in [0.15, 0.2) is 0 Å². The van der Waals surface area contributed by atoms with E-state index >= 15 is 0 Å². The van der Waals surface area contributed by atoms with Crippen molar-refractivity contribution < 1.29 is 9.53 Å². The molecule has 0 aliphatic heterocycles. The minimum absolute atomic E-state index is 0.297. The molecule has 0 heterocycles. The van der Waals surface area contributed by atoms with Crippen LogP contribution in [0, 0.1) is 5.92 Å². The summed E-state index contributed by atoms with van der Waals surface area (Å²) in [6, 6.07) is 10.3. The van der Waals surface area contributed by atoms with Gasteiger partial charge in [0.1, 0.15) is 0 Å². The van der Waals surface area contributed by atoms with Crippen LogP contribution in [0.4, 0.5) is 0 Å². The second kappa shape index (κ2) is 10.1. The normalized spacial score (nSPS) is 9.26. The standard InChI is InChI=1S/C9H10.C8H14O2/c1-2-6-9-7-4-3-5-8-9;1-6(2)5-10-8(9)7(3)4/h2-5,7-8H,1,6H2;6H,3,5H2,1-2,4H3. The third kappa shape index (κ3) is 9.83. The molecule has 0 aromatic heterocycles. The Morgan fingerprint density at radius 2 is 1.89 bits per heavy atom. The van der Waals surface area contributed by atoms with Crippen LogP contribution in [-0.2, 0) is 16.0 Å². The van der Waals surface area contributed by atoms with E-state index in [9.17, 15) is 4.79 Å². The van der Waals surface area contributed by atoms with Crippen molar-refractivity contribution in [2.45, 2.75) is 27.2 Å². The third-order valence-corrected chi connectivity index (χ3v) is 2.12. The van der Waals surface area contributed by atoms with Gasteiger partial charge in [-0.1, -0.05) is 56.8 Å². The lowest BCUT2D eigenvalue weighted by Crippen LogP contribution is -2.09. The van der Waals surface area contributed by atoms with E-state index < -0.39 is 0 Å². The van der Waals surface area contributed by atoms with E-state index in [1.54, 1.807) is 6.92 Å². The van der Waals surface area contributed by atoms with Crippen molar-refractivity contribution in [1.82, 2.24) is 0 Å². The molecule has 0 aliphatic carbocycles. The van der Waals surface area contributed by atoms with E-state index in [4.69, 9.17) is 4.74 Å². The number of benzene rings is 1. The highest BCUT2D eigenvalue weighted by Crippen LogP contribution is 1.98. The van der Waals surface area contributed by atoms with Crippen molar-refractivity contribution in [3.8, 4) is 0 Å². The van der Waals surface area contributed by atoms with Gasteiger partial charge in [0.25, 0.3) is 0 Å². The SMILES string of the molecule is C=C(C)C(=O)OCC(C)C.C=CCc1ccccc1. The van der Waals surface area contributed by atoms with Crippen molar-refractivity contribution in [3.63, 3.8) is 0 Å². The zero-order valence-corrected chi connectivity index (χ0v) is 12.2. The molecule has 2 heteroatoms. The maximum Gasteiger partial charge on any atom is 0.333 e. The van der Waals surface area contributed by atoms with Crippen LogP contribution in [0.1, 0.15) is 26.3 Å². The molecule has 2 nitrogen and oxygen atoms in total. The molecule has 0 amide bonds. The highest BCUT2D eigenvalue weighted by molar-refractivity contribution is 5.86. The van der Waals surface area contributed by atoms with Crippen LogP contribution in [0.3, 0.4) is 0 Å². The van der Waals surface area contributed by atoms with Crippen LogP contribution in [0.2, 0.25) is 0 Å². The second-order valence-electron chi connectivity index (χ2n) is 4.75. The highest BCUT2D eigenvalue weighted by atomic mass is 16.5.